The topological polar surface area (TPSA) is 19.0 Å². The van der Waals surface area contributed by atoms with Crippen molar-refractivity contribution in [3.05, 3.63) is 0 Å². The van der Waals surface area contributed by atoms with Gasteiger partial charge < -0.3 is 14.5 Å². The van der Waals surface area contributed by atoms with E-state index < -0.39 is 0 Å². The van der Waals surface area contributed by atoms with Crippen LogP contribution in [0.15, 0.2) is 0 Å². The smallest absolute Gasteiger partial charge is 0.0594 e. The van der Waals surface area contributed by atoms with Gasteiger partial charge in [0.05, 0.1) is 13.2 Å². The number of hydrogen-bond acceptors (Lipinski definition) is 4. The molecule has 0 aromatic heterocycles. The molecule has 2 rings (SSSR count). The summed E-state index contributed by atoms with van der Waals surface area (Å²) >= 11 is 0. The summed E-state index contributed by atoms with van der Waals surface area (Å²) in [4.78, 5) is 7.89. The third kappa shape index (κ3) is 7.81. The maximum absolute atomic E-state index is 5.46. The normalized spacial score (nSPS) is 22.9. The van der Waals surface area contributed by atoms with E-state index in [1.54, 1.807) is 0 Å². The van der Waals surface area contributed by atoms with E-state index in [4.69, 9.17) is 4.74 Å². The second-order valence-electron chi connectivity index (χ2n) is 9.83. The second-order valence-corrected chi connectivity index (χ2v) is 9.83. The van der Waals surface area contributed by atoms with Crippen molar-refractivity contribution in [2.45, 2.75) is 47.5 Å². The molecule has 24 heavy (non-hydrogen) atoms. The summed E-state index contributed by atoms with van der Waals surface area (Å²) in [5, 5.41) is 0. The Morgan fingerprint density at radius 3 is 1.83 bits per heavy atom. The van der Waals surface area contributed by atoms with Crippen LogP contribution in [0.4, 0.5) is 0 Å². The van der Waals surface area contributed by atoms with E-state index in [0.29, 0.717) is 10.8 Å². The van der Waals surface area contributed by atoms with Crippen molar-refractivity contribution in [2.75, 3.05) is 72.1 Å². The zero-order chi connectivity index (χ0) is 17.6. The van der Waals surface area contributed by atoms with Crippen molar-refractivity contribution in [3.8, 4) is 0 Å². The first-order valence-corrected chi connectivity index (χ1v) is 9.98. The minimum Gasteiger partial charge on any atom is -0.379 e. The van der Waals surface area contributed by atoms with E-state index in [1.165, 1.54) is 58.7 Å². The molecule has 0 bridgehead atoms. The van der Waals surface area contributed by atoms with Crippen molar-refractivity contribution in [1.29, 1.82) is 0 Å². The minimum atomic E-state index is 0.422. The Labute approximate surface area is 150 Å². The van der Waals surface area contributed by atoms with Crippen LogP contribution >= 0.6 is 0 Å². The van der Waals surface area contributed by atoms with E-state index in [-0.39, 0.29) is 0 Å². The maximum Gasteiger partial charge on any atom is 0.0594 e. The van der Waals surface area contributed by atoms with Crippen LogP contribution < -0.4 is 0 Å². The van der Waals surface area contributed by atoms with Crippen LogP contribution in [0.25, 0.3) is 0 Å². The van der Waals surface area contributed by atoms with Gasteiger partial charge in [-0.3, -0.25) is 4.90 Å². The molecule has 0 amide bonds. The van der Waals surface area contributed by atoms with Gasteiger partial charge in [-0.1, -0.05) is 34.6 Å². The summed E-state index contributed by atoms with van der Waals surface area (Å²) in [5.41, 5.74) is 0.844. The van der Waals surface area contributed by atoms with Crippen molar-refractivity contribution in [3.63, 3.8) is 0 Å². The Morgan fingerprint density at radius 1 is 0.708 bits per heavy atom. The maximum atomic E-state index is 5.46. The van der Waals surface area contributed by atoms with E-state index in [2.05, 4.69) is 49.3 Å². The monoisotopic (exact) mass is 339 g/mol. The average Bonchev–Trinajstić information content (AvgIpc) is 2.48. The summed E-state index contributed by atoms with van der Waals surface area (Å²) in [7, 11) is 0. The van der Waals surface area contributed by atoms with Gasteiger partial charge >= 0.3 is 0 Å². The highest BCUT2D eigenvalue weighted by molar-refractivity contribution is 4.79. The van der Waals surface area contributed by atoms with Crippen LogP contribution in [0.5, 0.6) is 0 Å². The zero-order valence-corrected chi connectivity index (χ0v) is 16.9. The first kappa shape index (κ1) is 20.2. The van der Waals surface area contributed by atoms with Crippen molar-refractivity contribution in [1.82, 2.24) is 14.7 Å². The number of hydrogen-bond donors (Lipinski definition) is 0. The summed E-state index contributed by atoms with van der Waals surface area (Å²) in [6.07, 6.45) is 2.66. The first-order chi connectivity index (χ1) is 11.2. The highest BCUT2D eigenvalue weighted by Gasteiger charge is 2.24. The molecule has 0 unspecified atom stereocenters. The minimum absolute atomic E-state index is 0.422. The van der Waals surface area contributed by atoms with E-state index >= 15 is 0 Å². The number of piperazine rings is 1. The molecule has 2 aliphatic heterocycles. The number of rotatable bonds is 7. The predicted molar refractivity (Wildman–Crippen MR) is 103 cm³/mol. The van der Waals surface area contributed by atoms with Gasteiger partial charge in [0.15, 0.2) is 0 Å². The fourth-order valence-corrected chi connectivity index (χ4v) is 4.07. The van der Waals surface area contributed by atoms with Crippen LogP contribution in [0.3, 0.4) is 0 Å². The molecule has 0 spiro atoms. The highest BCUT2D eigenvalue weighted by atomic mass is 16.5. The van der Waals surface area contributed by atoms with Gasteiger partial charge in [0.1, 0.15) is 0 Å². The first-order valence-electron chi connectivity index (χ1n) is 9.98. The van der Waals surface area contributed by atoms with Gasteiger partial charge in [0.25, 0.3) is 0 Å². The number of nitrogens with zero attached hydrogens (tertiary/aromatic N) is 3. The molecule has 0 N–H and O–H groups in total. The van der Waals surface area contributed by atoms with Crippen molar-refractivity contribution >= 4 is 0 Å². The Balaban J connectivity index is 1.60. The molecular weight excluding hydrogens is 298 g/mol. The largest absolute Gasteiger partial charge is 0.379 e. The Morgan fingerprint density at radius 2 is 1.25 bits per heavy atom. The summed E-state index contributed by atoms with van der Waals surface area (Å²) in [6, 6.07) is 0. The lowest BCUT2D eigenvalue weighted by Crippen LogP contribution is -2.49. The quantitative estimate of drug-likeness (QED) is 0.710. The van der Waals surface area contributed by atoms with Crippen molar-refractivity contribution in [2.24, 2.45) is 10.8 Å². The molecule has 0 aromatic carbocycles. The van der Waals surface area contributed by atoms with E-state index in [1.807, 2.05) is 0 Å². The van der Waals surface area contributed by atoms with E-state index in [9.17, 15) is 0 Å². The molecule has 0 aliphatic carbocycles. The lowest BCUT2D eigenvalue weighted by atomic mass is 9.87. The summed E-state index contributed by atoms with van der Waals surface area (Å²) in [6.45, 7) is 24.7. The third-order valence-corrected chi connectivity index (χ3v) is 5.25. The van der Waals surface area contributed by atoms with Crippen LogP contribution in [0.2, 0.25) is 0 Å². The van der Waals surface area contributed by atoms with Gasteiger partial charge in [-0.2, -0.15) is 0 Å². The summed E-state index contributed by atoms with van der Waals surface area (Å²) < 4.78 is 5.46. The number of ether oxygens (including phenoxy) is 1. The molecule has 2 aliphatic rings. The van der Waals surface area contributed by atoms with Gasteiger partial charge in [-0.15, -0.1) is 0 Å². The van der Waals surface area contributed by atoms with Gasteiger partial charge in [-0.05, 0) is 30.2 Å². The standard InChI is InChI=1S/C20H41N3O/c1-19(2,3)17-22-11-9-21(10-12-22)8-6-7-20(4,5)18-23-13-15-24-16-14-23/h6-18H2,1-5H3. The summed E-state index contributed by atoms with van der Waals surface area (Å²) in [5.74, 6) is 0. The molecule has 2 heterocycles. The molecule has 0 atom stereocenters. The Hall–Kier alpha value is -0.160. The molecule has 4 nitrogen and oxygen atoms in total. The fourth-order valence-electron chi connectivity index (χ4n) is 4.07. The molecule has 142 valence electrons. The van der Waals surface area contributed by atoms with Crippen LogP contribution in [0, 0.1) is 10.8 Å². The van der Waals surface area contributed by atoms with Crippen LogP contribution in [-0.2, 0) is 4.74 Å². The fraction of sp³-hybridized carbons (Fsp3) is 1.00. The average molecular weight is 340 g/mol. The van der Waals surface area contributed by atoms with Gasteiger partial charge in [-0.25, -0.2) is 0 Å². The molecule has 0 saturated carbocycles. The highest BCUT2D eigenvalue weighted by Crippen LogP contribution is 2.24. The molecule has 0 aromatic rings. The van der Waals surface area contributed by atoms with Gasteiger partial charge in [0, 0.05) is 52.4 Å². The molecule has 0 radical (unpaired) electrons. The van der Waals surface area contributed by atoms with E-state index in [0.717, 1.165) is 26.3 Å². The van der Waals surface area contributed by atoms with Crippen LogP contribution in [0.1, 0.15) is 47.5 Å². The third-order valence-electron chi connectivity index (χ3n) is 5.25. The molecule has 4 heteroatoms. The SMILES string of the molecule is CC(C)(C)CN1CCN(CCCC(C)(C)CN2CCOCC2)CC1. The van der Waals surface area contributed by atoms with Gasteiger partial charge in [0.2, 0.25) is 0 Å². The van der Waals surface area contributed by atoms with Crippen molar-refractivity contribution < 1.29 is 4.74 Å². The molecular formula is C20H41N3O. The predicted octanol–water partition coefficient (Wildman–Crippen LogP) is 2.79. The lowest BCUT2D eigenvalue weighted by Gasteiger charge is -2.38. The second kappa shape index (κ2) is 8.98. The van der Waals surface area contributed by atoms with Crippen LogP contribution in [-0.4, -0.2) is 86.8 Å². The lowest BCUT2D eigenvalue weighted by molar-refractivity contribution is 0.0190. The Kier molecular flexibility index (Phi) is 7.54. The molecule has 2 fully saturated rings. The number of morpholine rings is 1. The zero-order valence-electron chi connectivity index (χ0n) is 16.9. The Bertz CT molecular complexity index is 350. The molecule has 2 saturated heterocycles.